The first-order valence-electron chi connectivity index (χ1n) is 9.38. The van der Waals surface area contributed by atoms with Crippen LogP contribution in [-0.4, -0.2) is 88.2 Å². The molecule has 1 aromatic rings. The number of hydrogen-bond donors (Lipinski definition) is 2. The van der Waals surface area contributed by atoms with Crippen molar-refractivity contribution in [2.75, 3.05) is 33.3 Å². The molecule has 1 amide bonds. The van der Waals surface area contributed by atoms with Crippen LogP contribution in [0.25, 0.3) is 0 Å². The second-order valence-corrected chi connectivity index (χ2v) is 8.18. The molecular weight excluding hydrogens is 382 g/mol. The largest absolute Gasteiger partial charge is 0.491 e. The maximum atomic E-state index is 12.2. The van der Waals surface area contributed by atoms with E-state index in [4.69, 9.17) is 9.47 Å². The smallest absolute Gasteiger partial charge is 0.410 e. The molecule has 2 rings (SSSR count). The average molecular weight is 411 g/mol. The predicted molar refractivity (Wildman–Crippen MR) is 105 cm³/mol. The van der Waals surface area contributed by atoms with E-state index in [1.807, 2.05) is 0 Å². The van der Waals surface area contributed by atoms with Gasteiger partial charge in [0.1, 0.15) is 24.1 Å². The van der Waals surface area contributed by atoms with E-state index in [9.17, 15) is 25.1 Å². The number of amides is 1. The van der Waals surface area contributed by atoms with Crippen LogP contribution < -0.4 is 4.74 Å². The van der Waals surface area contributed by atoms with Crippen molar-refractivity contribution in [1.82, 2.24) is 9.80 Å². The Hall–Kier alpha value is -2.43. The van der Waals surface area contributed by atoms with Crippen molar-refractivity contribution >= 4 is 11.8 Å². The standard InChI is InChI=1S/C19H29N3O7/c1-19(2,3)29-18(25)21-10-16(17(24)11-21)20(4)9-14(23)12-28-15-7-5-6-13(8-15)22(26)27/h5-8,14,16-17,23-24H,9-12H2,1-4H3/t14?,16-,17-/m0/s1. The summed E-state index contributed by atoms with van der Waals surface area (Å²) in [5.41, 5.74) is -0.711. The average Bonchev–Trinajstić information content (AvgIpc) is 3.01. The van der Waals surface area contributed by atoms with E-state index in [-0.39, 0.29) is 43.7 Å². The molecule has 10 heteroatoms. The number of carbonyl (C=O) groups is 1. The van der Waals surface area contributed by atoms with E-state index >= 15 is 0 Å². The van der Waals surface area contributed by atoms with Gasteiger partial charge in [0.2, 0.25) is 0 Å². The minimum atomic E-state index is -0.887. The monoisotopic (exact) mass is 411 g/mol. The molecule has 29 heavy (non-hydrogen) atoms. The lowest BCUT2D eigenvalue weighted by atomic mass is 10.2. The third-order valence-electron chi connectivity index (χ3n) is 4.45. The highest BCUT2D eigenvalue weighted by Crippen LogP contribution is 2.21. The van der Waals surface area contributed by atoms with E-state index in [1.165, 1.54) is 23.1 Å². The van der Waals surface area contributed by atoms with E-state index in [2.05, 4.69) is 0 Å². The predicted octanol–water partition coefficient (Wildman–Crippen LogP) is 1.25. The SMILES string of the molecule is CN(CC(O)COc1cccc([N+](=O)[O-])c1)[C@H]1CN(C(=O)OC(C)(C)C)C[C@@H]1O. The summed E-state index contributed by atoms with van der Waals surface area (Å²) in [6, 6.07) is 5.37. The van der Waals surface area contributed by atoms with Crippen LogP contribution in [0, 0.1) is 10.1 Å². The van der Waals surface area contributed by atoms with Gasteiger partial charge in [-0.2, -0.15) is 0 Å². The molecule has 0 aliphatic carbocycles. The lowest BCUT2D eigenvalue weighted by Crippen LogP contribution is -2.45. The highest BCUT2D eigenvalue weighted by atomic mass is 16.6. The van der Waals surface area contributed by atoms with Crippen molar-refractivity contribution in [2.24, 2.45) is 0 Å². The number of aliphatic hydroxyl groups is 2. The van der Waals surface area contributed by atoms with Crippen molar-refractivity contribution in [1.29, 1.82) is 0 Å². The van der Waals surface area contributed by atoms with Gasteiger partial charge in [0.05, 0.1) is 29.7 Å². The van der Waals surface area contributed by atoms with Crippen molar-refractivity contribution in [3.63, 3.8) is 0 Å². The Morgan fingerprint density at radius 2 is 2.10 bits per heavy atom. The number of aliphatic hydroxyl groups excluding tert-OH is 2. The Balaban J connectivity index is 1.84. The lowest BCUT2D eigenvalue weighted by Gasteiger charge is -2.28. The van der Waals surface area contributed by atoms with Gasteiger partial charge < -0.3 is 24.6 Å². The summed E-state index contributed by atoms with van der Waals surface area (Å²) >= 11 is 0. The molecule has 0 saturated carbocycles. The fraction of sp³-hybridized carbons (Fsp3) is 0.632. The number of non-ortho nitro benzene ring substituents is 1. The third-order valence-corrected chi connectivity index (χ3v) is 4.45. The van der Waals surface area contributed by atoms with Crippen LogP contribution in [0.3, 0.4) is 0 Å². The minimum absolute atomic E-state index is 0.0654. The van der Waals surface area contributed by atoms with Crippen LogP contribution in [0.5, 0.6) is 5.75 Å². The van der Waals surface area contributed by atoms with E-state index in [0.717, 1.165) is 0 Å². The van der Waals surface area contributed by atoms with Gasteiger partial charge in [-0.3, -0.25) is 15.0 Å². The first-order chi connectivity index (χ1) is 13.5. The summed E-state index contributed by atoms with van der Waals surface area (Å²) in [6.45, 7) is 5.90. The number of likely N-dealkylation sites (N-methyl/N-ethyl adjacent to an activating group) is 1. The number of nitro groups is 1. The van der Waals surface area contributed by atoms with Crippen LogP contribution in [0.1, 0.15) is 20.8 Å². The Kier molecular flexibility index (Phi) is 7.39. The molecule has 1 aliphatic rings. The molecule has 0 spiro atoms. The summed E-state index contributed by atoms with van der Waals surface area (Å²) in [5.74, 6) is 0.290. The molecule has 0 aromatic heterocycles. The van der Waals surface area contributed by atoms with Crippen molar-refractivity contribution in [3.05, 3.63) is 34.4 Å². The van der Waals surface area contributed by atoms with Crippen LogP contribution in [0.2, 0.25) is 0 Å². The van der Waals surface area contributed by atoms with Crippen LogP contribution >= 0.6 is 0 Å². The van der Waals surface area contributed by atoms with Gasteiger partial charge in [-0.25, -0.2) is 4.79 Å². The summed E-state index contributed by atoms with van der Waals surface area (Å²) in [7, 11) is 1.74. The summed E-state index contributed by atoms with van der Waals surface area (Å²) in [6.07, 6.45) is -2.14. The minimum Gasteiger partial charge on any atom is -0.491 e. The zero-order valence-electron chi connectivity index (χ0n) is 17.1. The molecule has 162 valence electrons. The van der Waals surface area contributed by atoms with Crippen LogP contribution in [-0.2, 0) is 4.74 Å². The number of benzene rings is 1. The highest BCUT2D eigenvalue weighted by Gasteiger charge is 2.38. The Bertz CT molecular complexity index is 722. The molecule has 1 heterocycles. The summed E-state index contributed by atoms with van der Waals surface area (Å²) < 4.78 is 10.8. The molecule has 0 radical (unpaired) electrons. The number of ether oxygens (including phenoxy) is 2. The van der Waals surface area contributed by atoms with Gasteiger partial charge in [0, 0.05) is 19.2 Å². The molecule has 1 fully saturated rings. The normalized spacial score (nSPS) is 20.6. The van der Waals surface area contributed by atoms with Crippen molar-refractivity contribution < 1.29 is 29.4 Å². The third kappa shape index (κ3) is 6.84. The Morgan fingerprint density at radius 3 is 2.72 bits per heavy atom. The number of nitro benzene ring substituents is 1. The maximum Gasteiger partial charge on any atom is 0.410 e. The molecule has 1 aromatic carbocycles. The lowest BCUT2D eigenvalue weighted by molar-refractivity contribution is -0.384. The molecule has 1 unspecified atom stereocenters. The summed E-state index contributed by atoms with van der Waals surface area (Å²) in [4.78, 5) is 25.7. The van der Waals surface area contributed by atoms with Gasteiger partial charge in [-0.1, -0.05) is 6.07 Å². The maximum absolute atomic E-state index is 12.2. The number of likely N-dealkylation sites (tertiary alicyclic amines) is 1. The van der Waals surface area contributed by atoms with Gasteiger partial charge in [-0.15, -0.1) is 0 Å². The van der Waals surface area contributed by atoms with Gasteiger partial charge in [0.25, 0.3) is 5.69 Å². The van der Waals surface area contributed by atoms with Gasteiger partial charge in [0.15, 0.2) is 0 Å². The van der Waals surface area contributed by atoms with Crippen molar-refractivity contribution in [3.8, 4) is 5.75 Å². The van der Waals surface area contributed by atoms with Gasteiger partial charge >= 0.3 is 6.09 Å². The quantitative estimate of drug-likeness (QED) is 0.507. The molecule has 1 aliphatic heterocycles. The van der Waals surface area contributed by atoms with Crippen molar-refractivity contribution in [2.45, 2.75) is 44.6 Å². The van der Waals surface area contributed by atoms with Crippen LogP contribution in [0.15, 0.2) is 24.3 Å². The van der Waals surface area contributed by atoms with Crippen LogP contribution in [0.4, 0.5) is 10.5 Å². The number of rotatable bonds is 7. The molecule has 3 atom stereocenters. The fourth-order valence-electron chi connectivity index (χ4n) is 3.08. The van der Waals surface area contributed by atoms with Gasteiger partial charge in [-0.05, 0) is 33.9 Å². The first kappa shape index (κ1) is 22.9. The number of β-amino-alcohol motifs (C(OH)–C–C–N with tert-alkyl or cyclic N) is 1. The van der Waals surface area contributed by atoms with E-state index < -0.39 is 28.8 Å². The van der Waals surface area contributed by atoms with E-state index in [1.54, 1.807) is 38.8 Å². The second kappa shape index (κ2) is 9.38. The Labute approximate surface area is 169 Å². The fourth-order valence-corrected chi connectivity index (χ4v) is 3.08. The molecular formula is C19H29N3O7. The number of hydrogen-bond acceptors (Lipinski definition) is 8. The topological polar surface area (TPSA) is 126 Å². The second-order valence-electron chi connectivity index (χ2n) is 8.18. The Morgan fingerprint density at radius 1 is 1.41 bits per heavy atom. The highest BCUT2D eigenvalue weighted by molar-refractivity contribution is 5.68. The number of nitrogens with zero attached hydrogens (tertiary/aromatic N) is 3. The molecule has 1 saturated heterocycles. The molecule has 0 bridgehead atoms. The van der Waals surface area contributed by atoms with E-state index in [0.29, 0.717) is 0 Å². The number of carbonyl (C=O) groups excluding carboxylic acids is 1. The zero-order valence-corrected chi connectivity index (χ0v) is 17.1. The summed E-state index contributed by atoms with van der Waals surface area (Å²) in [5, 5.41) is 31.4. The first-order valence-corrected chi connectivity index (χ1v) is 9.38. The zero-order chi connectivity index (χ0) is 21.8. The molecule has 10 nitrogen and oxygen atoms in total. The molecule has 2 N–H and O–H groups in total.